The van der Waals surface area contributed by atoms with Gasteiger partial charge in [-0.15, -0.1) is 0 Å². The zero-order valence-electron chi connectivity index (χ0n) is 11.8. The van der Waals surface area contributed by atoms with Crippen molar-refractivity contribution in [1.29, 1.82) is 0 Å². The molecule has 1 heterocycles. The second-order valence-corrected chi connectivity index (χ2v) is 5.39. The molecule has 1 aliphatic rings. The Balaban J connectivity index is 1.98. The first kappa shape index (κ1) is 13.4. The van der Waals surface area contributed by atoms with Crippen LogP contribution in [0.1, 0.15) is 38.2 Å². The van der Waals surface area contributed by atoms with Crippen LogP contribution in [-0.4, -0.2) is 20.1 Å². The van der Waals surface area contributed by atoms with Crippen LogP contribution in [0.15, 0.2) is 24.3 Å². The Morgan fingerprint density at radius 2 is 1.94 bits per heavy atom. The van der Waals surface area contributed by atoms with Crippen molar-refractivity contribution in [2.75, 3.05) is 25.0 Å². The van der Waals surface area contributed by atoms with E-state index in [-0.39, 0.29) is 0 Å². The molecule has 2 heteroatoms. The lowest BCUT2D eigenvalue weighted by molar-refractivity contribution is 0.459. The van der Waals surface area contributed by atoms with Crippen molar-refractivity contribution in [1.82, 2.24) is 5.32 Å². The lowest BCUT2D eigenvalue weighted by atomic mass is 9.98. The zero-order valence-corrected chi connectivity index (χ0v) is 11.8. The van der Waals surface area contributed by atoms with E-state index in [0.29, 0.717) is 0 Å². The fourth-order valence-corrected chi connectivity index (χ4v) is 2.86. The van der Waals surface area contributed by atoms with Crippen molar-refractivity contribution in [3.05, 3.63) is 29.8 Å². The third-order valence-corrected chi connectivity index (χ3v) is 4.11. The summed E-state index contributed by atoms with van der Waals surface area (Å²) in [7, 11) is 1.99. The molecule has 18 heavy (non-hydrogen) atoms. The fourth-order valence-electron chi connectivity index (χ4n) is 2.86. The maximum Gasteiger partial charge on any atom is 0.0366 e. The molecular weight excluding hydrogens is 220 g/mol. The maximum absolute atomic E-state index is 3.19. The smallest absolute Gasteiger partial charge is 0.0366 e. The van der Waals surface area contributed by atoms with Crippen LogP contribution >= 0.6 is 0 Å². The molecule has 0 aromatic heterocycles. The Labute approximate surface area is 111 Å². The average molecular weight is 246 g/mol. The fraction of sp³-hybridized carbons (Fsp3) is 0.625. The minimum atomic E-state index is 0.943. The number of nitrogens with one attached hydrogen (secondary N) is 1. The standard InChI is InChI=1S/C16H26N2/c1-3-14-5-4-11-18(12-10-14)16-8-6-15(7-9-16)13-17-2/h6-9,14,17H,3-5,10-13H2,1-2H3. The third kappa shape index (κ3) is 3.49. The highest BCUT2D eigenvalue weighted by Crippen LogP contribution is 2.24. The number of nitrogens with zero attached hydrogens (tertiary/aromatic N) is 1. The van der Waals surface area contributed by atoms with Gasteiger partial charge >= 0.3 is 0 Å². The SMILES string of the molecule is CCC1CCCN(c2ccc(CNC)cc2)CC1. The Morgan fingerprint density at radius 1 is 1.17 bits per heavy atom. The van der Waals surface area contributed by atoms with Crippen LogP contribution < -0.4 is 10.2 Å². The van der Waals surface area contributed by atoms with Gasteiger partial charge in [-0.1, -0.05) is 25.5 Å². The van der Waals surface area contributed by atoms with Crippen LogP contribution in [0.25, 0.3) is 0 Å². The summed E-state index contributed by atoms with van der Waals surface area (Å²) in [5, 5.41) is 3.19. The van der Waals surface area contributed by atoms with E-state index in [1.165, 1.54) is 50.0 Å². The van der Waals surface area contributed by atoms with Gasteiger partial charge < -0.3 is 10.2 Å². The van der Waals surface area contributed by atoms with E-state index in [9.17, 15) is 0 Å². The molecule has 100 valence electrons. The van der Waals surface area contributed by atoms with E-state index in [2.05, 4.69) is 41.4 Å². The predicted molar refractivity (Wildman–Crippen MR) is 79.1 cm³/mol. The van der Waals surface area contributed by atoms with Crippen LogP contribution in [0.4, 0.5) is 5.69 Å². The van der Waals surface area contributed by atoms with Gasteiger partial charge in [0.15, 0.2) is 0 Å². The first-order chi connectivity index (χ1) is 8.83. The third-order valence-electron chi connectivity index (χ3n) is 4.11. The molecule has 1 N–H and O–H groups in total. The summed E-state index contributed by atoms with van der Waals surface area (Å²) in [5.74, 6) is 0.943. The van der Waals surface area contributed by atoms with E-state index in [0.717, 1.165) is 12.5 Å². The number of benzene rings is 1. The molecule has 1 saturated heterocycles. The van der Waals surface area contributed by atoms with Gasteiger partial charge in [0.2, 0.25) is 0 Å². The van der Waals surface area contributed by atoms with Crippen molar-refractivity contribution in [2.45, 2.75) is 39.2 Å². The van der Waals surface area contributed by atoms with Crippen molar-refractivity contribution < 1.29 is 0 Å². The molecule has 1 atom stereocenters. The Bertz CT molecular complexity index is 345. The highest BCUT2D eigenvalue weighted by molar-refractivity contribution is 5.47. The zero-order chi connectivity index (χ0) is 12.8. The normalized spacial score (nSPS) is 20.8. The van der Waals surface area contributed by atoms with E-state index in [1.54, 1.807) is 0 Å². The summed E-state index contributed by atoms with van der Waals surface area (Å²) in [6, 6.07) is 9.04. The maximum atomic E-state index is 3.19. The topological polar surface area (TPSA) is 15.3 Å². The summed E-state index contributed by atoms with van der Waals surface area (Å²) in [6.07, 6.45) is 5.45. The Kier molecular flexibility index (Phi) is 5.06. The van der Waals surface area contributed by atoms with E-state index < -0.39 is 0 Å². The van der Waals surface area contributed by atoms with Crippen LogP contribution in [0.3, 0.4) is 0 Å². The van der Waals surface area contributed by atoms with Gasteiger partial charge in [-0.3, -0.25) is 0 Å². The number of hydrogen-bond donors (Lipinski definition) is 1. The van der Waals surface area contributed by atoms with Crippen LogP contribution in [0.2, 0.25) is 0 Å². The molecule has 0 bridgehead atoms. The van der Waals surface area contributed by atoms with E-state index in [1.807, 2.05) is 7.05 Å². The van der Waals surface area contributed by atoms with Gasteiger partial charge in [0.1, 0.15) is 0 Å². The molecule has 1 fully saturated rings. The van der Waals surface area contributed by atoms with Crippen LogP contribution in [-0.2, 0) is 6.54 Å². The van der Waals surface area contributed by atoms with Gasteiger partial charge in [-0.25, -0.2) is 0 Å². The number of anilines is 1. The largest absolute Gasteiger partial charge is 0.372 e. The number of rotatable bonds is 4. The molecule has 0 amide bonds. The van der Waals surface area contributed by atoms with E-state index in [4.69, 9.17) is 0 Å². The average Bonchev–Trinajstić information content (AvgIpc) is 2.65. The second kappa shape index (κ2) is 6.79. The van der Waals surface area contributed by atoms with E-state index >= 15 is 0 Å². The Hall–Kier alpha value is -1.02. The summed E-state index contributed by atoms with van der Waals surface area (Å²) in [6.45, 7) is 5.73. The minimum absolute atomic E-state index is 0.943. The molecule has 0 spiro atoms. The first-order valence-electron chi connectivity index (χ1n) is 7.32. The lowest BCUT2D eigenvalue weighted by Crippen LogP contribution is -2.24. The number of hydrogen-bond acceptors (Lipinski definition) is 2. The van der Waals surface area contributed by atoms with Gasteiger partial charge in [0, 0.05) is 25.3 Å². The molecule has 2 nitrogen and oxygen atoms in total. The Morgan fingerprint density at radius 3 is 2.61 bits per heavy atom. The van der Waals surface area contributed by atoms with Crippen molar-refractivity contribution in [3.63, 3.8) is 0 Å². The monoisotopic (exact) mass is 246 g/mol. The molecule has 0 saturated carbocycles. The quantitative estimate of drug-likeness (QED) is 0.875. The van der Waals surface area contributed by atoms with Gasteiger partial charge in [0.25, 0.3) is 0 Å². The molecular formula is C16H26N2. The first-order valence-corrected chi connectivity index (χ1v) is 7.32. The molecule has 1 unspecified atom stereocenters. The summed E-state index contributed by atoms with van der Waals surface area (Å²) < 4.78 is 0. The van der Waals surface area contributed by atoms with Gasteiger partial charge in [-0.05, 0) is 49.9 Å². The van der Waals surface area contributed by atoms with Gasteiger partial charge in [0.05, 0.1) is 0 Å². The second-order valence-electron chi connectivity index (χ2n) is 5.39. The van der Waals surface area contributed by atoms with Crippen LogP contribution in [0, 0.1) is 5.92 Å². The molecule has 0 radical (unpaired) electrons. The molecule has 0 aliphatic carbocycles. The molecule has 1 aliphatic heterocycles. The molecule has 1 aromatic carbocycles. The summed E-state index contributed by atoms with van der Waals surface area (Å²) in [5.41, 5.74) is 2.76. The van der Waals surface area contributed by atoms with Gasteiger partial charge in [-0.2, -0.15) is 0 Å². The summed E-state index contributed by atoms with van der Waals surface area (Å²) >= 11 is 0. The molecule has 1 aromatic rings. The highest BCUT2D eigenvalue weighted by atomic mass is 15.1. The van der Waals surface area contributed by atoms with Crippen molar-refractivity contribution in [3.8, 4) is 0 Å². The van der Waals surface area contributed by atoms with Crippen LogP contribution in [0.5, 0.6) is 0 Å². The highest BCUT2D eigenvalue weighted by Gasteiger charge is 2.15. The predicted octanol–water partition coefficient (Wildman–Crippen LogP) is 3.42. The lowest BCUT2D eigenvalue weighted by Gasteiger charge is -2.23. The molecule has 2 rings (SSSR count). The van der Waals surface area contributed by atoms with Crippen molar-refractivity contribution >= 4 is 5.69 Å². The minimum Gasteiger partial charge on any atom is -0.372 e. The van der Waals surface area contributed by atoms with Crippen molar-refractivity contribution in [2.24, 2.45) is 5.92 Å². The summed E-state index contributed by atoms with van der Waals surface area (Å²) in [4.78, 5) is 2.55.